The molecule has 0 heterocycles. The van der Waals surface area contributed by atoms with E-state index < -0.39 is 0 Å². The highest BCUT2D eigenvalue weighted by atomic mass is 35.5. The number of nitrogens with one attached hydrogen (secondary N) is 1. The molecule has 0 spiro atoms. The van der Waals surface area contributed by atoms with Gasteiger partial charge in [-0.25, -0.2) is 0 Å². The average molecular weight is 306 g/mol. The van der Waals surface area contributed by atoms with Crippen LogP contribution in [-0.2, 0) is 0 Å². The molecule has 20 heavy (non-hydrogen) atoms. The molecule has 106 valence electrons. The van der Waals surface area contributed by atoms with Crippen molar-refractivity contribution in [2.75, 3.05) is 11.1 Å². The molecule has 2 aromatic rings. The molecule has 1 atom stereocenters. The number of hydrogen-bond donors (Lipinski definition) is 1. The molecule has 0 fully saturated rings. The zero-order chi connectivity index (χ0) is 14.4. The number of para-hydroxylation sites is 1. The number of rotatable bonds is 6. The normalized spacial score (nSPS) is 12.2. The summed E-state index contributed by atoms with van der Waals surface area (Å²) in [5.41, 5.74) is 2.48. The number of thioether (sulfide) groups is 1. The quantitative estimate of drug-likeness (QED) is 0.655. The van der Waals surface area contributed by atoms with Crippen LogP contribution in [0.5, 0.6) is 0 Å². The van der Waals surface area contributed by atoms with E-state index in [2.05, 4.69) is 55.6 Å². The molecule has 0 aliphatic heterocycles. The van der Waals surface area contributed by atoms with Crippen LogP contribution in [0.15, 0.2) is 53.4 Å². The summed E-state index contributed by atoms with van der Waals surface area (Å²) in [4.78, 5) is 1.31. The largest absolute Gasteiger partial charge is 0.377 e. The summed E-state index contributed by atoms with van der Waals surface area (Å²) in [5, 5.41) is 4.44. The van der Waals surface area contributed by atoms with Crippen molar-refractivity contribution >= 4 is 29.1 Å². The lowest BCUT2D eigenvalue weighted by atomic mass is 10.0. The average Bonchev–Trinajstić information content (AvgIpc) is 2.48. The first kappa shape index (κ1) is 15.3. The van der Waals surface area contributed by atoms with Gasteiger partial charge in [-0.05, 0) is 42.0 Å². The maximum Gasteiger partial charge on any atom is 0.0511 e. The van der Waals surface area contributed by atoms with E-state index in [1.807, 2.05) is 23.9 Å². The molecule has 0 amide bonds. The van der Waals surface area contributed by atoms with Crippen LogP contribution in [0.4, 0.5) is 5.69 Å². The molecular weight excluding hydrogens is 286 g/mol. The van der Waals surface area contributed by atoms with E-state index >= 15 is 0 Å². The van der Waals surface area contributed by atoms with Gasteiger partial charge >= 0.3 is 0 Å². The summed E-state index contributed by atoms with van der Waals surface area (Å²) in [6, 6.07) is 16.9. The monoisotopic (exact) mass is 305 g/mol. The van der Waals surface area contributed by atoms with Crippen molar-refractivity contribution < 1.29 is 0 Å². The summed E-state index contributed by atoms with van der Waals surface area (Å²) in [5.74, 6) is 1.08. The zero-order valence-electron chi connectivity index (χ0n) is 11.9. The summed E-state index contributed by atoms with van der Waals surface area (Å²) in [6.45, 7) is 4.37. The van der Waals surface area contributed by atoms with Crippen LogP contribution in [0, 0.1) is 0 Å². The lowest BCUT2D eigenvalue weighted by Gasteiger charge is -2.20. The molecule has 0 saturated heterocycles. The van der Waals surface area contributed by atoms with Gasteiger partial charge < -0.3 is 5.32 Å². The Kier molecular flexibility index (Phi) is 5.81. The van der Waals surface area contributed by atoms with Crippen LogP contribution in [-0.4, -0.2) is 5.75 Å². The smallest absolute Gasteiger partial charge is 0.0511 e. The van der Waals surface area contributed by atoms with Crippen LogP contribution in [0.1, 0.15) is 31.9 Å². The molecule has 1 N–H and O–H groups in total. The molecule has 0 aliphatic rings. The van der Waals surface area contributed by atoms with Crippen molar-refractivity contribution in [3.05, 3.63) is 59.1 Å². The SMILES string of the molecule is CCSc1ccccc1NC(CC)c1ccc(Cl)cc1. The Morgan fingerprint density at radius 3 is 2.40 bits per heavy atom. The van der Waals surface area contributed by atoms with Gasteiger partial charge in [-0.1, -0.05) is 49.7 Å². The summed E-state index contributed by atoms with van der Waals surface area (Å²) in [7, 11) is 0. The van der Waals surface area contributed by atoms with Crippen molar-refractivity contribution in [3.8, 4) is 0 Å². The Bertz CT molecular complexity index is 539. The minimum absolute atomic E-state index is 0.311. The van der Waals surface area contributed by atoms with Crippen LogP contribution in [0.25, 0.3) is 0 Å². The highest BCUT2D eigenvalue weighted by Gasteiger charge is 2.11. The Balaban J connectivity index is 2.20. The molecule has 0 saturated carbocycles. The Labute approximate surface area is 130 Å². The second-order valence-electron chi connectivity index (χ2n) is 4.59. The standard InChI is InChI=1S/C17H20ClNS/c1-3-15(13-9-11-14(18)12-10-13)19-16-7-5-6-8-17(16)20-4-2/h5-12,15,19H,3-4H2,1-2H3. The molecule has 0 bridgehead atoms. The third-order valence-corrected chi connectivity index (χ3v) is 4.40. The predicted molar refractivity (Wildman–Crippen MR) is 90.9 cm³/mol. The topological polar surface area (TPSA) is 12.0 Å². The fourth-order valence-corrected chi connectivity index (χ4v) is 3.07. The van der Waals surface area contributed by atoms with Gasteiger partial charge in [-0.3, -0.25) is 0 Å². The minimum atomic E-state index is 0.311. The van der Waals surface area contributed by atoms with Gasteiger partial charge in [0.05, 0.1) is 6.04 Å². The molecular formula is C17H20ClNS. The van der Waals surface area contributed by atoms with Crippen LogP contribution in [0.3, 0.4) is 0 Å². The van der Waals surface area contributed by atoms with E-state index in [1.54, 1.807) is 0 Å². The predicted octanol–water partition coefficient (Wildman–Crippen LogP) is 6.02. The third-order valence-electron chi connectivity index (χ3n) is 3.20. The van der Waals surface area contributed by atoms with Gasteiger partial charge in [0.1, 0.15) is 0 Å². The molecule has 2 rings (SSSR count). The maximum atomic E-state index is 5.96. The van der Waals surface area contributed by atoms with Gasteiger partial charge in [0.2, 0.25) is 0 Å². The van der Waals surface area contributed by atoms with Gasteiger partial charge in [-0.2, -0.15) is 0 Å². The third kappa shape index (κ3) is 3.94. The van der Waals surface area contributed by atoms with E-state index in [0.717, 1.165) is 17.2 Å². The molecule has 0 aromatic heterocycles. The highest BCUT2D eigenvalue weighted by molar-refractivity contribution is 7.99. The van der Waals surface area contributed by atoms with Crippen molar-refractivity contribution in [1.82, 2.24) is 0 Å². The lowest BCUT2D eigenvalue weighted by molar-refractivity contribution is 0.747. The van der Waals surface area contributed by atoms with E-state index in [9.17, 15) is 0 Å². The van der Waals surface area contributed by atoms with Gasteiger partial charge in [-0.15, -0.1) is 11.8 Å². The number of halogens is 1. The first-order chi connectivity index (χ1) is 9.74. The molecule has 2 aromatic carbocycles. The number of anilines is 1. The van der Waals surface area contributed by atoms with Gasteiger partial charge in [0.25, 0.3) is 0 Å². The Morgan fingerprint density at radius 2 is 1.75 bits per heavy atom. The van der Waals surface area contributed by atoms with Crippen molar-refractivity contribution in [1.29, 1.82) is 0 Å². The van der Waals surface area contributed by atoms with E-state index in [-0.39, 0.29) is 0 Å². The van der Waals surface area contributed by atoms with Crippen LogP contribution in [0.2, 0.25) is 5.02 Å². The fourth-order valence-electron chi connectivity index (χ4n) is 2.17. The minimum Gasteiger partial charge on any atom is -0.377 e. The summed E-state index contributed by atoms with van der Waals surface area (Å²) >= 11 is 7.83. The summed E-state index contributed by atoms with van der Waals surface area (Å²) in [6.07, 6.45) is 1.03. The van der Waals surface area contributed by atoms with E-state index in [0.29, 0.717) is 6.04 Å². The van der Waals surface area contributed by atoms with E-state index in [1.165, 1.54) is 16.1 Å². The van der Waals surface area contributed by atoms with Gasteiger partial charge in [0, 0.05) is 15.6 Å². The van der Waals surface area contributed by atoms with Crippen molar-refractivity contribution in [3.63, 3.8) is 0 Å². The fraction of sp³-hybridized carbons (Fsp3) is 0.294. The summed E-state index contributed by atoms with van der Waals surface area (Å²) < 4.78 is 0. The van der Waals surface area contributed by atoms with Crippen molar-refractivity contribution in [2.45, 2.75) is 31.2 Å². The molecule has 3 heteroatoms. The first-order valence-corrected chi connectivity index (χ1v) is 8.34. The maximum absolute atomic E-state index is 5.96. The van der Waals surface area contributed by atoms with Gasteiger partial charge in [0.15, 0.2) is 0 Å². The molecule has 1 nitrogen and oxygen atoms in total. The Hall–Kier alpha value is -1.12. The Morgan fingerprint density at radius 1 is 1.05 bits per heavy atom. The zero-order valence-corrected chi connectivity index (χ0v) is 13.5. The van der Waals surface area contributed by atoms with Crippen LogP contribution >= 0.6 is 23.4 Å². The van der Waals surface area contributed by atoms with Crippen molar-refractivity contribution in [2.24, 2.45) is 0 Å². The number of benzene rings is 2. The molecule has 0 aliphatic carbocycles. The first-order valence-electron chi connectivity index (χ1n) is 6.98. The highest BCUT2D eigenvalue weighted by Crippen LogP contribution is 2.31. The second-order valence-corrected chi connectivity index (χ2v) is 6.33. The van der Waals surface area contributed by atoms with E-state index in [4.69, 9.17) is 11.6 Å². The lowest BCUT2D eigenvalue weighted by Crippen LogP contribution is -2.10. The second kappa shape index (κ2) is 7.61. The molecule has 1 unspecified atom stereocenters. The van der Waals surface area contributed by atoms with Crippen LogP contribution < -0.4 is 5.32 Å². The molecule has 0 radical (unpaired) electrons. The number of hydrogen-bond acceptors (Lipinski definition) is 2.